The topological polar surface area (TPSA) is 51.2 Å². The standard InChI is InChI=1S/C26H40N2O4/c1-4-6-7-8-16-24(22-14-9-10-15-23(22)26-31-18-12-19-32-26)28(25(29)5-2)27-17-11-13-21(27)20-30-3/h5,9-10,14-15,21,24,26H,2,4,6-8,11-13,16-20H2,1,3H3/t21-,24+/m0/s1. The molecule has 2 aliphatic heterocycles. The van der Waals surface area contributed by atoms with Crippen LogP contribution in [0.3, 0.4) is 0 Å². The first kappa shape index (κ1) is 24.9. The lowest BCUT2D eigenvalue weighted by atomic mass is 9.94. The first-order chi connectivity index (χ1) is 15.7. The van der Waals surface area contributed by atoms with E-state index in [0.29, 0.717) is 19.8 Å². The number of amides is 1. The van der Waals surface area contributed by atoms with Crippen LogP contribution in [0.1, 0.15) is 81.7 Å². The number of unbranched alkanes of at least 4 members (excludes halogenated alkanes) is 3. The normalized spacial score (nSPS) is 20.9. The Morgan fingerprint density at radius 1 is 1.25 bits per heavy atom. The van der Waals surface area contributed by atoms with Crippen molar-refractivity contribution in [3.05, 3.63) is 48.0 Å². The molecular weight excluding hydrogens is 404 g/mol. The third kappa shape index (κ3) is 6.19. The third-order valence-corrected chi connectivity index (χ3v) is 6.44. The molecular formula is C26H40N2O4. The van der Waals surface area contributed by atoms with Crippen molar-refractivity contribution in [2.75, 3.05) is 33.5 Å². The fraction of sp³-hybridized carbons (Fsp3) is 0.654. The number of carbonyl (C=O) groups is 1. The quantitative estimate of drug-likeness (QED) is 0.329. The summed E-state index contributed by atoms with van der Waals surface area (Å²) in [5, 5.41) is 4.18. The number of carbonyl (C=O) groups excluding carboxylic acids is 1. The zero-order chi connectivity index (χ0) is 22.8. The smallest absolute Gasteiger partial charge is 0.260 e. The number of hydrogen-bond donors (Lipinski definition) is 0. The molecule has 2 atom stereocenters. The van der Waals surface area contributed by atoms with Gasteiger partial charge < -0.3 is 14.2 Å². The number of nitrogens with zero attached hydrogens (tertiary/aromatic N) is 2. The van der Waals surface area contributed by atoms with Gasteiger partial charge in [0.1, 0.15) is 0 Å². The van der Waals surface area contributed by atoms with Gasteiger partial charge in [-0.15, -0.1) is 0 Å². The third-order valence-electron chi connectivity index (χ3n) is 6.44. The summed E-state index contributed by atoms with van der Waals surface area (Å²) in [6.07, 6.45) is 9.53. The molecule has 1 aromatic rings. The minimum Gasteiger partial charge on any atom is -0.383 e. The van der Waals surface area contributed by atoms with Crippen LogP contribution in [0, 0.1) is 0 Å². The summed E-state index contributed by atoms with van der Waals surface area (Å²) < 4.78 is 17.4. The summed E-state index contributed by atoms with van der Waals surface area (Å²) in [5.74, 6) is -0.0613. The number of benzene rings is 1. The molecule has 0 saturated carbocycles. The van der Waals surface area contributed by atoms with E-state index in [4.69, 9.17) is 14.2 Å². The molecule has 1 amide bonds. The average molecular weight is 445 g/mol. The summed E-state index contributed by atoms with van der Waals surface area (Å²) >= 11 is 0. The van der Waals surface area contributed by atoms with Crippen LogP contribution in [0.5, 0.6) is 0 Å². The second-order valence-electron chi connectivity index (χ2n) is 8.72. The van der Waals surface area contributed by atoms with E-state index in [2.05, 4.69) is 30.6 Å². The van der Waals surface area contributed by atoms with Crippen LogP contribution in [-0.2, 0) is 19.0 Å². The summed E-state index contributed by atoms with van der Waals surface area (Å²) in [4.78, 5) is 13.3. The zero-order valence-electron chi connectivity index (χ0n) is 19.8. The molecule has 0 aromatic heterocycles. The lowest BCUT2D eigenvalue weighted by molar-refractivity contribution is -0.184. The van der Waals surface area contributed by atoms with Gasteiger partial charge in [0.2, 0.25) is 0 Å². The van der Waals surface area contributed by atoms with Gasteiger partial charge in [0.25, 0.3) is 5.91 Å². The fourth-order valence-electron chi connectivity index (χ4n) is 4.89. The van der Waals surface area contributed by atoms with Crippen molar-refractivity contribution >= 4 is 5.91 Å². The van der Waals surface area contributed by atoms with Crippen molar-refractivity contribution in [1.29, 1.82) is 0 Å². The minimum absolute atomic E-state index is 0.0613. The number of methoxy groups -OCH3 is 1. The van der Waals surface area contributed by atoms with E-state index in [9.17, 15) is 4.79 Å². The highest BCUT2D eigenvalue weighted by Crippen LogP contribution is 2.37. The summed E-state index contributed by atoms with van der Waals surface area (Å²) in [7, 11) is 1.73. The average Bonchev–Trinajstić information content (AvgIpc) is 3.29. The van der Waals surface area contributed by atoms with E-state index in [-0.39, 0.29) is 24.3 Å². The van der Waals surface area contributed by atoms with Gasteiger partial charge in [-0.25, -0.2) is 5.01 Å². The minimum atomic E-state index is -0.382. The molecule has 6 heteroatoms. The van der Waals surface area contributed by atoms with Crippen LogP contribution in [-0.4, -0.2) is 55.4 Å². The SMILES string of the molecule is C=CC(=O)N([C@H](CCCCCC)c1ccccc1C1OCCCO1)N1CCC[C@H]1COC. The maximum absolute atomic E-state index is 13.3. The highest BCUT2D eigenvalue weighted by atomic mass is 16.7. The Balaban J connectivity index is 1.98. The molecule has 1 aromatic carbocycles. The van der Waals surface area contributed by atoms with Crippen molar-refractivity contribution in [1.82, 2.24) is 10.0 Å². The predicted octanol–water partition coefficient (Wildman–Crippen LogP) is 5.17. The van der Waals surface area contributed by atoms with Gasteiger partial charge in [0, 0.05) is 19.2 Å². The summed E-state index contributed by atoms with van der Waals surface area (Å²) in [5.41, 5.74) is 2.13. The van der Waals surface area contributed by atoms with E-state index < -0.39 is 0 Å². The Kier molecular flexibility index (Phi) is 10.2. The van der Waals surface area contributed by atoms with Crippen LogP contribution in [0.15, 0.2) is 36.9 Å². The molecule has 0 spiro atoms. The second kappa shape index (κ2) is 13.1. The number of rotatable bonds is 12. The Bertz CT molecular complexity index is 720. The van der Waals surface area contributed by atoms with Crippen LogP contribution < -0.4 is 0 Å². The van der Waals surface area contributed by atoms with Crippen LogP contribution >= 0.6 is 0 Å². The van der Waals surface area contributed by atoms with Gasteiger partial charge in [-0.1, -0.05) is 63.5 Å². The molecule has 6 nitrogen and oxygen atoms in total. The van der Waals surface area contributed by atoms with E-state index in [1.807, 2.05) is 17.1 Å². The van der Waals surface area contributed by atoms with E-state index in [0.717, 1.165) is 56.2 Å². The van der Waals surface area contributed by atoms with Gasteiger partial charge in [0.15, 0.2) is 6.29 Å². The molecule has 3 rings (SSSR count). The molecule has 178 valence electrons. The van der Waals surface area contributed by atoms with Crippen molar-refractivity contribution in [2.24, 2.45) is 0 Å². The molecule has 0 unspecified atom stereocenters. The molecule has 0 radical (unpaired) electrons. The highest BCUT2D eigenvalue weighted by Gasteiger charge is 2.37. The van der Waals surface area contributed by atoms with Crippen molar-refractivity contribution in [3.8, 4) is 0 Å². The van der Waals surface area contributed by atoms with Crippen molar-refractivity contribution in [3.63, 3.8) is 0 Å². The Morgan fingerprint density at radius 2 is 2.03 bits per heavy atom. The Hall–Kier alpha value is -1.73. The van der Waals surface area contributed by atoms with E-state index in [1.54, 1.807) is 7.11 Å². The molecule has 2 fully saturated rings. The molecule has 0 N–H and O–H groups in total. The highest BCUT2D eigenvalue weighted by molar-refractivity contribution is 5.87. The number of hydrazine groups is 1. The second-order valence-corrected chi connectivity index (χ2v) is 8.72. The van der Waals surface area contributed by atoms with Gasteiger partial charge in [-0.05, 0) is 37.3 Å². The lowest BCUT2D eigenvalue weighted by Gasteiger charge is -2.42. The van der Waals surface area contributed by atoms with Crippen LogP contribution in [0.2, 0.25) is 0 Å². The van der Waals surface area contributed by atoms with Gasteiger partial charge in [-0.3, -0.25) is 9.80 Å². The Labute approximate surface area is 193 Å². The van der Waals surface area contributed by atoms with E-state index in [1.165, 1.54) is 18.9 Å². The zero-order valence-corrected chi connectivity index (χ0v) is 19.8. The predicted molar refractivity (Wildman–Crippen MR) is 126 cm³/mol. The maximum Gasteiger partial charge on any atom is 0.260 e. The molecule has 0 bridgehead atoms. The van der Waals surface area contributed by atoms with Crippen LogP contribution in [0.25, 0.3) is 0 Å². The summed E-state index contributed by atoms with van der Waals surface area (Å²) in [6.45, 7) is 8.88. The lowest BCUT2D eigenvalue weighted by Crippen LogP contribution is -2.51. The number of ether oxygens (including phenoxy) is 3. The van der Waals surface area contributed by atoms with Gasteiger partial charge >= 0.3 is 0 Å². The first-order valence-corrected chi connectivity index (χ1v) is 12.2. The summed E-state index contributed by atoms with van der Waals surface area (Å²) in [6, 6.07) is 8.38. The van der Waals surface area contributed by atoms with Crippen LogP contribution in [0.4, 0.5) is 0 Å². The maximum atomic E-state index is 13.3. The largest absolute Gasteiger partial charge is 0.383 e. The van der Waals surface area contributed by atoms with Gasteiger partial charge in [0.05, 0.1) is 31.9 Å². The first-order valence-electron chi connectivity index (χ1n) is 12.2. The van der Waals surface area contributed by atoms with E-state index >= 15 is 0 Å². The fourth-order valence-corrected chi connectivity index (χ4v) is 4.89. The monoisotopic (exact) mass is 444 g/mol. The molecule has 2 heterocycles. The van der Waals surface area contributed by atoms with Crippen molar-refractivity contribution in [2.45, 2.75) is 76.7 Å². The Morgan fingerprint density at radius 3 is 2.75 bits per heavy atom. The molecule has 2 aliphatic rings. The molecule has 32 heavy (non-hydrogen) atoms. The van der Waals surface area contributed by atoms with Gasteiger partial charge in [-0.2, -0.15) is 0 Å². The molecule has 0 aliphatic carbocycles. The van der Waals surface area contributed by atoms with Crippen molar-refractivity contribution < 1.29 is 19.0 Å². The number of hydrogen-bond acceptors (Lipinski definition) is 5. The molecule has 2 saturated heterocycles.